The van der Waals surface area contributed by atoms with Crippen molar-refractivity contribution in [2.75, 3.05) is 7.05 Å². The van der Waals surface area contributed by atoms with Gasteiger partial charge in [-0.15, -0.1) is 0 Å². The van der Waals surface area contributed by atoms with E-state index in [0.717, 1.165) is 6.42 Å². The van der Waals surface area contributed by atoms with E-state index in [0.29, 0.717) is 12.3 Å². The van der Waals surface area contributed by atoms with Crippen LogP contribution in [-0.2, 0) is 16.6 Å². The van der Waals surface area contributed by atoms with E-state index in [9.17, 15) is 8.42 Å². The van der Waals surface area contributed by atoms with Crippen LogP contribution in [0.2, 0.25) is 0 Å². The van der Waals surface area contributed by atoms with Crippen LogP contribution in [0, 0.1) is 0 Å². The molecule has 0 aliphatic heterocycles. The molecule has 0 saturated carbocycles. The lowest BCUT2D eigenvalue weighted by molar-refractivity contribution is 0.386. The maximum atomic E-state index is 11.6. The van der Waals surface area contributed by atoms with Gasteiger partial charge in [0.2, 0.25) is 5.09 Å². The zero-order valence-electron chi connectivity index (χ0n) is 12.2. The van der Waals surface area contributed by atoms with Crippen LogP contribution in [-0.4, -0.2) is 15.5 Å². The number of hydrogen-bond donors (Lipinski definition) is 2. The minimum absolute atomic E-state index is 0.0606. The van der Waals surface area contributed by atoms with Crippen LogP contribution in [0.3, 0.4) is 0 Å². The highest BCUT2D eigenvalue weighted by atomic mass is 32.2. The van der Waals surface area contributed by atoms with Crippen molar-refractivity contribution < 1.29 is 12.8 Å². The first-order valence-electron chi connectivity index (χ1n) is 6.87. The lowest BCUT2D eigenvalue weighted by Gasteiger charge is -2.16. The number of nitrogens with one attached hydrogen (secondary N) is 2. The molecule has 1 unspecified atom stereocenters. The zero-order valence-corrected chi connectivity index (χ0v) is 13.0. The molecule has 1 aromatic carbocycles. The number of furan rings is 1. The van der Waals surface area contributed by atoms with Crippen LogP contribution in [0.4, 0.5) is 0 Å². The summed E-state index contributed by atoms with van der Waals surface area (Å²) in [5.74, 6) is 0.596. The van der Waals surface area contributed by atoms with Gasteiger partial charge in [0.15, 0.2) is 0 Å². The molecule has 5 nitrogen and oxygen atoms in total. The van der Waals surface area contributed by atoms with E-state index in [1.54, 1.807) is 6.07 Å². The maximum absolute atomic E-state index is 11.6. The molecule has 0 amide bonds. The first-order chi connectivity index (χ1) is 10.1. The van der Waals surface area contributed by atoms with Crippen molar-refractivity contribution in [1.82, 2.24) is 10.0 Å². The van der Waals surface area contributed by atoms with Crippen LogP contribution in [0.15, 0.2) is 52.0 Å². The largest absolute Gasteiger partial charge is 0.447 e. The summed E-state index contributed by atoms with van der Waals surface area (Å²) in [6, 6.07) is 13.5. The molecule has 21 heavy (non-hydrogen) atoms. The third-order valence-corrected chi connectivity index (χ3v) is 4.59. The monoisotopic (exact) mass is 308 g/mol. The van der Waals surface area contributed by atoms with Crippen molar-refractivity contribution in [3.05, 3.63) is 53.8 Å². The van der Waals surface area contributed by atoms with Crippen molar-refractivity contribution in [3.63, 3.8) is 0 Å². The van der Waals surface area contributed by atoms with Gasteiger partial charge in [0.1, 0.15) is 5.76 Å². The van der Waals surface area contributed by atoms with Gasteiger partial charge in [-0.2, -0.15) is 0 Å². The Bertz CT molecular complexity index is 665. The summed E-state index contributed by atoms with van der Waals surface area (Å²) in [5.41, 5.74) is 1.20. The molecule has 1 atom stereocenters. The van der Waals surface area contributed by atoms with Crippen molar-refractivity contribution in [2.45, 2.75) is 31.0 Å². The third-order valence-electron chi connectivity index (χ3n) is 3.30. The maximum Gasteiger partial charge on any atom is 0.273 e. The molecule has 2 N–H and O–H groups in total. The quantitative estimate of drug-likeness (QED) is 0.824. The molecule has 1 aromatic heterocycles. The highest BCUT2D eigenvalue weighted by Gasteiger charge is 2.17. The SMILES string of the molecule is CCC(NCc1ccc(S(=O)(=O)NC)o1)c1ccccc1. The molecule has 2 aromatic rings. The van der Waals surface area contributed by atoms with E-state index < -0.39 is 10.0 Å². The summed E-state index contributed by atoms with van der Waals surface area (Å²) in [6.07, 6.45) is 0.937. The van der Waals surface area contributed by atoms with E-state index in [1.807, 2.05) is 18.2 Å². The van der Waals surface area contributed by atoms with Crippen molar-refractivity contribution in [2.24, 2.45) is 0 Å². The van der Waals surface area contributed by atoms with E-state index in [2.05, 4.69) is 29.1 Å². The van der Waals surface area contributed by atoms with Crippen molar-refractivity contribution in [1.29, 1.82) is 0 Å². The molecule has 1 heterocycles. The molecular weight excluding hydrogens is 288 g/mol. The van der Waals surface area contributed by atoms with Crippen LogP contribution in [0.25, 0.3) is 0 Å². The summed E-state index contributed by atoms with van der Waals surface area (Å²) >= 11 is 0. The first kappa shape index (κ1) is 15.8. The second kappa shape index (κ2) is 6.89. The zero-order chi connectivity index (χ0) is 15.3. The summed E-state index contributed by atoms with van der Waals surface area (Å²) < 4.78 is 30.8. The fourth-order valence-electron chi connectivity index (χ4n) is 2.11. The molecule has 0 fully saturated rings. The van der Waals surface area contributed by atoms with Gasteiger partial charge < -0.3 is 9.73 Å². The molecular formula is C15H20N2O3S. The fourth-order valence-corrected chi connectivity index (χ4v) is 2.77. The van der Waals surface area contributed by atoms with Crippen molar-refractivity contribution in [3.8, 4) is 0 Å². The third kappa shape index (κ3) is 3.93. The van der Waals surface area contributed by atoms with E-state index in [-0.39, 0.29) is 11.1 Å². The Morgan fingerprint density at radius 1 is 1.14 bits per heavy atom. The smallest absolute Gasteiger partial charge is 0.273 e. The number of benzene rings is 1. The highest BCUT2D eigenvalue weighted by molar-refractivity contribution is 7.89. The molecule has 6 heteroatoms. The summed E-state index contributed by atoms with van der Waals surface area (Å²) in [7, 11) is -2.16. The molecule has 0 bridgehead atoms. The van der Waals surface area contributed by atoms with E-state index in [1.165, 1.54) is 18.7 Å². The number of rotatable bonds is 7. The second-order valence-corrected chi connectivity index (χ2v) is 6.50. The lowest BCUT2D eigenvalue weighted by atomic mass is 10.0. The van der Waals surface area contributed by atoms with Crippen LogP contribution in [0.5, 0.6) is 0 Å². The first-order valence-corrected chi connectivity index (χ1v) is 8.35. The van der Waals surface area contributed by atoms with Gasteiger partial charge >= 0.3 is 0 Å². The molecule has 0 saturated heterocycles. The van der Waals surface area contributed by atoms with Gasteiger partial charge in [-0.3, -0.25) is 0 Å². The lowest BCUT2D eigenvalue weighted by Crippen LogP contribution is -2.20. The van der Waals surface area contributed by atoms with Gasteiger partial charge in [-0.1, -0.05) is 37.3 Å². The van der Waals surface area contributed by atoms with Crippen LogP contribution < -0.4 is 10.0 Å². The Kier molecular flexibility index (Phi) is 5.17. The molecule has 0 spiro atoms. The highest BCUT2D eigenvalue weighted by Crippen LogP contribution is 2.18. The molecule has 114 valence electrons. The molecule has 0 aliphatic rings. The predicted molar refractivity (Wildman–Crippen MR) is 81.3 cm³/mol. The van der Waals surface area contributed by atoms with Crippen LogP contribution >= 0.6 is 0 Å². The van der Waals surface area contributed by atoms with Gasteiger partial charge in [-0.05, 0) is 31.2 Å². The van der Waals surface area contributed by atoms with Crippen LogP contribution in [0.1, 0.15) is 30.7 Å². The number of hydrogen-bond acceptors (Lipinski definition) is 4. The average Bonchev–Trinajstić information content (AvgIpc) is 2.99. The average molecular weight is 308 g/mol. The topological polar surface area (TPSA) is 71.3 Å². The molecule has 2 rings (SSSR count). The second-order valence-electron chi connectivity index (χ2n) is 4.68. The minimum Gasteiger partial charge on any atom is -0.447 e. The van der Waals surface area contributed by atoms with Gasteiger partial charge in [0.05, 0.1) is 6.54 Å². The van der Waals surface area contributed by atoms with Gasteiger partial charge in [0.25, 0.3) is 10.0 Å². The van der Waals surface area contributed by atoms with Crippen molar-refractivity contribution >= 4 is 10.0 Å². The Labute approximate surface area is 125 Å². The predicted octanol–water partition coefficient (Wildman–Crippen LogP) is 2.43. The van der Waals surface area contributed by atoms with Gasteiger partial charge in [-0.25, -0.2) is 13.1 Å². The van der Waals surface area contributed by atoms with E-state index >= 15 is 0 Å². The Morgan fingerprint density at radius 3 is 2.48 bits per heavy atom. The number of sulfonamides is 1. The molecule has 0 radical (unpaired) electrons. The van der Waals surface area contributed by atoms with E-state index in [4.69, 9.17) is 4.42 Å². The summed E-state index contributed by atoms with van der Waals surface area (Å²) in [6.45, 7) is 2.58. The summed E-state index contributed by atoms with van der Waals surface area (Å²) in [4.78, 5) is 0. The fraction of sp³-hybridized carbons (Fsp3) is 0.333. The Balaban J connectivity index is 2.03. The molecule has 0 aliphatic carbocycles. The Morgan fingerprint density at radius 2 is 1.86 bits per heavy atom. The standard InChI is InChI=1S/C15H20N2O3S/c1-3-14(12-7-5-4-6-8-12)17-11-13-9-10-15(20-13)21(18,19)16-2/h4-10,14,16-17H,3,11H2,1-2H3. The van der Waals surface area contributed by atoms with Gasteiger partial charge in [0, 0.05) is 6.04 Å². The Hall–Kier alpha value is -1.63. The normalized spacial score (nSPS) is 13.2. The minimum atomic E-state index is -3.52. The summed E-state index contributed by atoms with van der Waals surface area (Å²) in [5, 5.41) is 3.32.